The molecule has 17 rings (SSSR count). The Morgan fingerprint density at radius 3 is 1.31 bits per heavy atom. The zero-order valence-corrected chi connectivity index (χ0v) is 46.1. The third-order valence-corrected chi connectivity index (χ3v) is 17.8. The summed E-state index contributed by atoms with van der Waals surface area (Å²) in [5.41, 5.74) is 23.9. The van der Waals surface area contributed by atoms with Crippen molar-refractivity contribution < 1.29 is 4.74 Å². The van der Waals surface area contributed by atoms with Crippen LogP contribution >= 0.6 is 0 Å². The molecule has 16 aromatic rings. The Hall–Kier alpha value is -10.9. The van der Waals surface area contributed by atoms with E-state index in [0.717, 1.165) is 94.9 Å². The fourth-order valence-electron chi connectivity index (χ4n) is 14.1. The van der Waals surface area contributed by atoms with E-state index in [1.807, 2.05) is 0 Å². The standard InChI is InChI=1S/C79H52BN3O/c1-81-72-44-42-56(82-73-37-19-15-33-62(73)63-34-16-20-38-74(63)82)48-66(72)67-49-57(83-75-39-21-17-35-64(75)65-36-18-22-40-76(65)83)50-70(78(67)81)80-69-43-41-54(51-23-5-2-6-24-51)47-77(69)84-79-68(61-32-14-13-30-59(61)53-27-9-4-10-28-53)45-55(46-71(79)80)60-31-12-11-29-58(60)52-25-7-3-8-26-52/h2-50H,1H3. The molecule has 3 aromatic heterocycles. The molecule has 0 aliphatic carbocycles. The molecule has 0 amide bonds. The summed E-state index contributed by atoms with van der Waals surface area (Å²) in [6.07, 6.45) is 0. The van der Waals surface area contributed by atoms with Crippen LogP contribution in [0.25, 0.3) is 132 Å². The molecular weight excluding hydrogens is 1020 g/mol. The molecular formula is C79H52BN3O. The van der Waals surface area contributed by atoms with Crippen molar-refractivity contribution >= 4 is 88.5 Å². The molecule has 0 radical (unpaired) electrons. The summed E-state index contributed by atoms with van der Waals surface area (Å²) in [5, 5.41) is 7.29. The van der Waals surface area contributed by atoms with Crippen LogP contribution in [0.1, 0.15) is 0 Å². The molecule has 0 N–H and O–H groups in total. The fourth-order valence-corrected chi connectivity index (χ4v) is 14.1. The van der Waals surface area contributed by atoms with Crippen molar-refractivity contribution in [3.05, 3.63) is 297 Å². The molecule has 0 saturated heterocycles. The van der Waals surface area contributed by atoms with Gasteiger partial charge in [0.25, 0.3) is 6.71 Å². The van der Waals surface area contributed by atoms with Crippen molar-refractivity contribution in [2.45, 2.75) is 0 Å². The van der Waals surface area contributed by atoms with Crippen LogP contribution in [0, 0.1) is 0 Å². The van der Waals surface area contributed by atoms with Gasteiger partial charge in [-0.2, -0.15) is 0 Å². The Balaban J connectivity index is 1.02. The molecule has 13 aromatic carbocycles. The minimum absolute atomic E-state index is 0.310. The normalized spacial score (nSPS) is 12.2. The van der Waals surface area contributed by atoms with Crippen LogP contribution < -0.4 is 21.1 Å². The number of aryl methyl sites for hydroxylation is 1. The van der Waals surface area contributed by atoms with Gasteiger partial charge in [0, 0.05) is 67.3 Å². The summed E-state index contributed by atoms with van der Waals surface area (Å²) in [6.45, 7) is -0.310. The first kappa shape index (κ1) is 47.9. The SMILES string of the molecule is Cn1c2ccc(-n3c4ccccc4c4ccccc43)cc2c2cc(-n3c4ccccc4c4ccccc43)cc(B3c4ccc(-c5ccccc5)cc4Oc4c3cc(-c3ccccc3-c3ccccc3)cc4-c3ccccc3-c3ccccc3)c21. The number of benzene rings is 13. The first-order chi connectivity index (χ1) is 41.6. The van der Waals surface area contributed by atoms with E-state index in [-0.39, 0.29) is 6.71 Å². The lowest BCUT2D eigenvalue weighted by molar-refractivity contribution is 0.489. The van der Waals surface area contributed by atoms with Crippen LogP contribution in [-0.4, -0.2) is 20.4 Å². The summed E-state index contributed by atoms with van der Waals surface area (Å²) in [5.74, 6) is 1.69. The first-order valence-corrected chi connectivity index (χ1v) is 29.0. The predicted octanol–water partition coefficient (Wildman–Crippen LogP) is 18.5. The van der Waals surface area contributed by atoms with E-state index in [1.165, 1.54) is 65.5 Å². The van der Waals surface area contributed by atoms with Crippen molar-refractivity contribution in [2.24, 2.45) is 7.05 Å². The fraction of sp³-hybridized carbons (Fsp3) is 0.0127. The third-order valence-electron chi connectivity index (χ3n) is 17.8. The second kappa shape index (κ2) is 19.1. The molecule has 0 fully saturated rings. The van der Waals surface area contributed by atoms with Crippen LogP contribution in [0.15, 0.2) is 297 Å². The monoisotopic (exact) mass is 1070 g/mol. The van der Waals surface area contributed by atoms with Crippen LogP contribution in [0.2, 0.25) is 0 Å². The Bertz CT molecular complexity index is 5200. The minimum Gasteiger partial charge on any atom is -0.458 e. The largest absolute Gasteiger partial charge is 0.458 e. The van der Waals surface area contributed by atoms with Gasteiger partial charge in [0.05, 0.1) is 22.1 Å². The lowest BCUT2D eigenvalue weighted by atomic mass is 9.35. The zero-order valence-electron chi connectivity index (χ0n) is 46.1. The number of aromatic nitrogens is 3. The van der Waals surface area contributed by atoms with Gasteiger partial charge in [-0.05, 0) is 133 Å². The lowest BCUT2D eigenvalue weighted by Gasteiger charge is -2.31. The Morgan fingerprint density at radius 1 is 0.274 bits per heavy atom. The molecule has 4 nitrogen and oxygen atoms in total. The Kier molecular flexibility index (Phi) is 10.9. The van der Waals surface area contributed by atoms with Crippen LogP contribution in [0.4, 0.5) is 0 Å². The van der Waals surface area contributed by atoms with Crippen molar-refractivity contribution in [2.75, 3.05) is 0 Å². The highest BCUT2D eigenvalue weighted by Gasteiger charge is 2.38. The van der Waals surface area contributed by atoms with Gasteiger partial charge in [0.15, 0.2) is 0 Å². The van der Waals surface area contributed by atoms with Gasteiger partial charge >= 0.3 is 0 Å². The van der Waals surface area contributed by atoms with Gasteiger partial charge in [0.1, 0.15) is 11.5 Å². The molecule has 0 saturated carbocycles. The average Bonchev–Trinajstić information content (AvgIpc) is 1.93. The predicted molar refractivity (Wildman–Crippen MR) is 354 cm³/mol. The van der Waals surface area contributed by atoms with Gasteiger partial charge in [-0.3, -0.25) is 0 Å². The van der Waals surface area contributed by atoms with E-state index in [1.54, 1.807) is 0 Å². The number of rotatable bonds is 8. The van der Waals surface area contributed by atoms with E-state index in [9.17, 15) is 0 Å². The Morgan fingerprint density at radius 2 is 0.738 bits per heavy atom. The van der Waals surface area contributed by atoms with Crippen LogP contribution in [0.3, 0.4) is 0 Å². The molecule has 392 valence electrons. The van der Waals surface area contributed by atoms with E-state index >= 15 is 0 Å². The number of nitrogens with zero attached hydrogens (tertiary/aromatic N) is 3. The highest BCUT2D eigenvalue weighted by Crippen LogP contribution is 2.45. The number of hydrogen-bond acceptors (Lipinski definition) is 1. The molecule has 0 atom stereocenters. The highest BCUT2D eigenvalue weighted by molar-refractivity contribution is 6.98. The first-order valence-electron chi connectivity index (χ1n) is 29.0. The number of hydrogen-bond donors (Lipinski definition) is 0. The topological polar surface area (TPSA) is 24.0 Å². The zero-order chi connectivity index (χ0) is 55.4. The molecule has 0 bridgehead atoms. The molecule has 5 heteroatoms. The van der Waals surface area contributed by atoms with E-state index < -0.39 is 0 Å². The van der Waals surface area contributed by atoms with Gasteiger partial charge in [-0.25, -0.2) is 0 Å². The maximum atomic E-state index is 7.71. The average molecular weight is 1070 g/mol. The molecule has 84 heavy (non-hydrogen) atoms. The number of ether oxygens (including phenoxy) is 1. The van der Waals surface area contributed by atoms with Crippen LogP contribution in [-0.2, 0) is 7.05 Å². The summed E-state index contributed by atoms with van der Waals surface area (Å²) < 4.78 is 15.1. The van der Waals surface area contributed by atoms with Gasteiger partial charge in [-0.1, -0.05) is 231 Å². The van der Waals surface area contributed by atoms with Crippen molar-refractivity contribution in [3.63, 3.8) is 0 Å². The van der Waals surface area contributed by atoms with Gasteiger partial charge in [0.2, 0.25) is 0 Å². The van der Waals surface area contributed by atoms with E-state index in [4.69, 9.17) is 4.74 Å². The number of fused-ring (bicyclic) bond motifs is 11. The van der Waals surface area contributed by atoms with E-state index in [2.05, 4.69) is 318 Å². The molecule has 4 heterocycles. The molecule has 0 spiro atoms. The van der Waals surface area contributed by atoms with Crippen LogP contribution in [0.5, 0.6) is 11.5 Å². The smallest absolute Gasteiger partial charge is 0.253 e. The second-order valence-electron chi connectivity index (χ2n) is 22.4. The van der Waals surface area contributed by atoms with E-state index in [0.29, 0.717) is 0 Å². The summed E-state index contributed by atoms with van der Waals surface area (Å²) in [7, 11) is 2.27. The molecule has 1 aliphatic rings. The van der Waals surface area contributed by atoms with Crippen molar-refractivity contribution in [3.8, 4) is 78.5 Å². The molecule has 0 unspecified atom stereocenters. The summed E-state index contributed by atoms with van der Waals surface area (Å²) in [4.78, 5) is 0. The van der Waals surface area contributed by atoms with Gasteiger partial charge < -0.3 is 18.4 Å². The highest BCUT2D eigenvalue weighted by atomic mass is 16.5. The summed E-state index contributed by atoms with van der Waals surface area (Å²) >= 11 is 0. The van der Waals surface area contributed by atoms with Crippen molar-refractivity contribution in [1.82, 2.24) is 13.7 Å². The maximum absolute atomic E-state index is 7.71. The minimum atomic E-state index is -0.310. The van der Waals surface area contributed by atoms with Gasteiger partial charge in [-0.15, -0.1) is 0 Å². The quantitative estimate of drug-likeness (QED) is 0.139. The number of para-hydroxylation sites is 4. The third kappa shape index (κ3) is 7.42. The second-order valence-corrected chi connectivity index (χ2v) is 22.4. The summed E-state index contributed by atoms with van der Waals surface area (Å²) in [6, 6.07) is 109. The maximum Gasteiger partial charge on any atom is 0.253 e. The molecule has 1 aliphatic heterocycles. The lowest BCUT2D eigenvalue weighted by Crippen LogP contribution is -2.55. The Labute approximate surface area is 487 Å². The van der Waals surface area contributed by atoms with Crippen molar-refractivity contribution in [1.29, 1.82) is 0 Å².